The Morgan fingerprint density at radius 2 is 1.76 bits per heavy atom. The molecule has 1 fully saturated rings. The average Bonchev–Trinajstić information content (AvgIpc) is 3.57. The van der Waals surface area contributed by atoms with Crippen LogP contribution in [-0.4, -0.2) is 29.1 Å². The predicted molar refractivity (Wildman–Crippen MR) is 125 cm³/mol. The molecule has 0 radical (unpaired) electrons. The van der Waals surface area contributed by atoms with E-state index in [2.05, 4.69) is 41.3 Å². The smallest absolute Gasteiger partial charge is 0.274 e. The number of methoxy groups -OCH3 is 1. The maximum atomic E-state index is 6.24. The first-order valence-corrected chi connectivity index (χ1v) is 11.5. The number of hydrogen-bond acceptors (Lipinski definition) is 7. The summed E-state index contributed by atoms with van der Waals surface area (Å²) in [6, 6.07) is 12.0. The summed E-state index contributed by atoms with van der Waals surface area (Å²) in [5, 5.41) is 8.55. The molecule has 2 aromatic carbocycles. The summed E-state index contributed by atoms with van der Waals surface area (Å²) in [6.07, 6.45) is 5.32. The van der Waals surface area contributed by atoms with Gasteiger partial charge in [-0.05, 0) is 81.8 Å². The zero-order valence-electron chi connectivity index (χ0n) is 19.6. The highest BCUT2D eigenvalue weighted by Gasteiger charge is 2.42. The highest BCUT2D eigenvalue weighted by atomic mass is 16.7. The van der Waals surface area contributed by atoms with Crippen LogP contribution in [0.3, 0.4) is 0 Å². The molecule has 0 bridgehead atoms. The van der Waals surface area contributed by atoms with Gasteiger partial charge in [-0.2, -0.15) is 4.98 Å². The summed E-state index contributed by atoms with van der Waals surface area (Å²) < 4.78 is 17.4. The number of rotatable bonds is 6. The lowest BCUT2D eigenvalue weighted by molar-refractivity contribution is -0.0313. The predicted octanol–water partition coefficient (Wildman–Crippen LogP) is 5.72. The standard InChI is InChI=1S/C26H29N3O4/c1-16-9-10-19(13-17(16)2)24-27-25(32-29-24)26(3)15-21(28-33-26)18-11-12-22(30-4)23(14-18)31-20-7-5-6-8-20/h9-14,20H,5-8,15H2,1-4H3. The van der Waals surface area contributed by atoms with Crippen molar-refractivity contribution in [3.63, 3.8) is 0 Å². The van der Waals surface area contributed by atoms with E-state index in [0.717, 1.165) is 41.2 Å². The minimum absolute atomic E-state index is 0.239. The number of aromatic nitrogens is 2. The minimum Gasteiger partial charge on any atom is -0.493 e. The first-order chi connectivity index (χ1) is 15.9. The van der Waals surface area contributed by atoms with E-state index in [0.29, 0.717) is 18.1 Å². The lowest BCUT2D eigenvalue weighted by Crippen LogP contribution is -2.22. The van der Waals surface area contributed by atoms with Crippen molar-refractivity contribution in [1.82, 2.24) is 10.1 Å². The van der Waals surface area contributed by atoms with Gasteiger partial charge in [-0.3, -0.25) is 0 Å². The Hall–Kier alpha value is -3.35. The van der Waals surface area contributed by atoms with E-state index in [1.807, 2.05) is 31.2 Å². The van der Waals surface area contributed by atoms with Crippen LogP contribution >= 0.6 is 0 Å². The Morgan fingerprint density at radius 3 is 2.52 bits per heavy atom. The van der Waals surface area contributed by atoms with Gasteiger partial charge in [0.15, 0.2) is 11.5 Å². The van der Waals surface area contributed by atoms with E-state index in [9.17, 15) is 0 Å². The van der Waals surface area contributed by atoms with Crippen molar-refractivity contribution >= 4 is 5.71 Å². The molecule has 2 aliphatic rings. The fraction of sp³-hybridized carbons (Fsp3) is 0.423. The topological polar surface area (TPSA) is 79.0 Å². The molecule has 3 aromatic rings. The van der Waals surface area contributed by atoms with Crippen molar-refractivity contribution in [3.05, 3.63) is 59.0 Å². The molecular formula is C26H29N3O4. The van der Waals surface area contributed by atoms with Crippen LogP contribution in [0.5, 0.6) is 11.5 Å². The number of aryl methyl sites for hydroxylation is 2. The molecule has 5 rings (SSSR count). The van der Waals surface area contributed by atoms with Gasteiger partial charge in [-0.1, -0.05) is 22.4 Å². The highest BCUT2D eigenvalue weighted by Crippen LogP contribution is 2.38. The monoisotopic (exact) mass is 447 g/mol. The van der Waals surface area contributed by atoms with Crippen molar-refractivity contribution in [3.8, 4) is 22.9 Å². The second-order valence-electron chi connectivity index (χ2n) is 9.15. The molecule has 1 aromatic heterocycles. The van der Waals surface area contributed by atoms with E-state index in [4.69, 9.17) is 18.8 Å². The molecule has 33 heavy (non-hydrogen) atoms. The highest BCUT2D eigenvalue weighted by molar-refractivity contribution is 6.02. The third-order valence-electron chi connectivity index (χ3n) is 6.60. The Labute approximate surface area is 193 Å². The lowest BCUT2D eigenvalue weighted by Gasteiger charge is -2.17. The van der Waals surface area contributed by atoms with Gasteiger partial charge >= 0.3 is 0 Å². The fourth-order valence-corrected chi connectivity index (χ4v) is 4.38. The SMILES string of the molecule is COc1ccc(C2=NOC(C)(c3nc(-c4ccc(C)c(C)c4)no3)C2)cc1OC1CCCC1. The quantitative estimate of drug-likeness (QED) is 0.481. The van der Waals surface area contributed by atoms with Crippen molar-refractivity contribution in [2.75, 3.05) is 7.11 Å². The fourth-order valence-electron chi connectivity index (χ4n) is 4.38. The lowest BCUT2D eigenvalue weighted by atomic mass is 9.95. The van der Waals surface area contributed by atoms with Gasteiger partial charge in [0.05, 0.1) is 18.9 Å². The maximum Gasteiger partial charge on any atom is 0.274 e. The molecule has 0 saturated heterocycles. The van der Waals surface area contributed by atoms with Crippen molar-refractivity contribution in [1.29, 1.82) is 0 Å². The Morgan fingerprint density at radius 1 is 0.970 bits per heavy atom. The number of hydrogen-bond donors (Lipinski definition) is 0. The summed E-state index contributed by atoms with van der Waals surface area (Å²) in [6.45, 7) is 6.07. The average molecular weight is 448 g/mol. The normalized spacial score (nSPS) is 20.5. The van der Waals surface area contributed by atoms with Gasteiger partial charge in [-0.25, -0.2) is 0 Å². The summed E-state index contributed by atoms with van der Waals surface area (Å²) in [5.74, 6) is 2.42. The second-order valence-corrected chi connectivity index (χ2v) is 9.15. The zero-order valence-corrected chi connectivity index (χ0v) is 19.6. The molecule has 2 heterocycles. The van der Waals surface area contributed by atoms with Crippen molar-refractivity contribution in [2.24, 2.45) is 5.16 Å². The molecule has 0 N–H and O–H groups in total. The minimum atomic E-state index is -0.827. The maximum absolute atomic E-state index is 6.24. The third-order valence-corrected chi connectivity index (χ3v) is 6.60. The van der Waals surface area contributed by atoms with Crippen LogP contribution in [0.4, 0.5) is 0 Å². The summed E-state index contributed by atoms with van der Waals surface area (Å²) in [5.41, 5.74) is 4.24. The Balaban J connectivity index is 1.35. The summed E-state index contributed by atoms with van der Waals surface area (Å²) in [4.78, 5) is 10.5. The van der Waals surface area contributed by atoms with Crippen LogP contribution in [0.1, 0.15) is 61.6 Å². The van der Waals surface area contributed by atoms with Crippen LogP contribution in [0.25, 0.3) is 11.4 Å². The Bertz CT molecular complexity index is 1200. The van der Waals surface area contributed by atoms with E-state index in [1.54, 1.807) is 7.11 Å². The molecule has 0 amide bonds. The zero-order chi connectivity index (χ0) is 23.0. The molecule has 0 spiro atoms. The van der Waals surface area contributed by atoms with Gasteiger partial charge in [0.2, 0.25) is 11.4 Å². The molecule has 7 heteroatoms. The van der Waals surface area contributed by atoms with E-state index < -0.39 is 5.60 Å². The molecule has 172 valence electrons. The molecule has 1 unspecified atom stereocenters. The molecule has 1 aliphatic heterocycles. The van der Waals surface area contributed by atoms with Crippen LogP contribution in [-0.2, 0) is 10.4 Å². The van der Waals surface area contributed by atoms with Crippen LogP contribution in [0.15, 0.2) is 46.1 Å². The second kappa shape index (κ2) is 8.54. The van der Waals surface area contributed by atoms with Crippen LogP contribution in [0, 0.1) is 13.8 Å². The molecular weight excluding hydrogens is 418 g/mol. The molecule has 1 atom stereocenters. The van der Waals surface area contributed by atoms with E-state index in [-0.39, 0.29) is 6.10 Å². The Kier molecular flexibility index (Phi) is 5.56. The van der Waals surface area contributed by atoms with Crippen LogP contribution < -0.4 is 9.47 Å². The summed E-state index contributed by atoms with van der Waals surface area (Å²) in [7, 11) is 1.66. The molecule has 1 saturated carbocycles. The van der Waals surface area contributed by atoms with Crippen molar-refractivity contribution in [2.45, 2.75) is 64.6 Å². The number of nitrogens with zero attached hydrogens (tertiary/aromatic N) is 3. The first-order valence-electron chi connectivity index (χ1n) is 11.5. The number of benzene rings is 2. The summed E-state index contributed by atoms with van der Waals surface area (Å²) >= 11 is 0. The molecule has 7 nitrogen and oxygen atoms in total. The van der Waals surface area contributed by atoms with Crippen molar-refractivity contribution < 1.29 is 18.8 Å². The molecule has 1 aliphatic carbocycles. The largest absolute Gasteiger partial charge is 0.493 e. The third kappa shape index (κ3) is 4.19. The first kappa shape index (κ1) is 21.5. The van der Waals surface area contributed by atoms with Gasteiger partial charge in [0, 0.05) is 17.5 Å². The number of oxime groups is 1. The van der Waals surface area contributed by atoms with Crippen LogP contribution in [0.2, 0.25) is 0 Å². The van der Waals surface area contributed by atoms with E-state index in [1.165, 1.54) is 24.0 Å². The van der Waals surface area contributed by atoms with Gasteiger partial charge in [-0.15, -0.1) is 0 Å². The van der Waals surface area contributed by atoms with Gasteiger partial charge in [0.1, 0.15) is 0 Å². The number of ether oxygens (including phenoxy) is 2. The van der Waals surface area contributed by atoms with Gasteiger partial charge < -0.3 is 18.8 Å². The van der Waals surface area contributed by atoms with Gasteiger partial charge in [0.25, 0.3) is 5.89 Å². The van der Waals surface area contributed by atoms with E-state index >= 15 is 0 Å².